The molecule has 3 rings (SSSR count). The van der Waals surface area contributed by atoms with Gasteiger partial charge in [-0.3, -0.25) is 14.9 Å². The largest absolute Gasteiger partial charge is 0.484 e. The van der Waals surface area contributed by atoms with Crippen LogP contribution in [0, 0.1) is 17.0 Å². The number of nitrogens with zero attached hydrogens (tertiary/aromatic N) is 1. The molecule has 7 nitrogen and oxygen atoms in total. The lowest BCUT2D eigenvalue weighted by molar-refractivity contribution is -0.385. The van der Waals surface area contributed by atoms with Crippen LogP contribution in [0.1, 0.15) is 24.3 Å². The van der Waals surface area contributed by atoms with Crippen molar-refractivity contribution in [2.45, 2.75) is 19.9 Å². The Morgan fingerprint density at radius 1 is 1.27 bits per heavy atom. The Labute approximate surface area is 149 Å². The van der Waals surface area contributed by atoms with Gasteiger partial charge >= 0.3 is 0 Å². The molecular weight excluding hydrogens is 336 g/mol. The fourth-order valence-electron chi connectivity index (χ4n) is 2.64. The van der Waals surface area contributed by atoms with Crippen molar-refractivity contribution in [1.82, 2.24) is 5.32 Å². The number of carbonyl (C=O) groups is 1. The summed E-state index contributed by atoms with van der Waals surface area (Å²) in [5, 5.41) is 14.6. The highest BCUT2D eigenvalue weighted by Gasteiger charge is 2.15. The summed E-state index contributed by atoms with van der Waals surface area (Å²) in [5.41, 5.74) is 1.25. The molecule has 1 aromatic heterocycles. The summed E-state index contributed by atoms with van der Waals surface area (Å²) in [6.45, 7) is 3.25. The van der Waals surface area contributed by atoms with Gasteiger partial charge in [-0.2, -0.15) is 0 Å². The molecule has 0 aliphatic rings. The van der Waals surface area contributed by atoms with Crippen LogP contribution in [0.2, 0.25) is 0 Å². The molecule has 1 heterocycles. The maximum Gasteiger partial charge on any atom is 0.272 e. The Balaban J connectivity index is 1.58. The number of hydrogen-bond donors (Lipinski definition) is 1. The van der Waals surface area contributed by atoms with Crippen LogP contribution in [0.5, 0.6) is 5.75 Å². The number of nitrogens with one attached hydrogen (secondary N) is 1. The Hall–Kier alpha value is -3.35. The molecule has 0 spiro atoms. The van der Waals surface area contributed by atoms with Crippen LogP contribution in [0.4, 0.5) is 5.69 Å². The molecule has 0 saturated carbocycles. The van der Waals surface area contributed by atoms with Crippen LogP contribution in [-0.2, 0) is 4.79 Å². The van der Waals surface area contributed by atoms with Crippen LogP contribution in [0.15, 0.2) is 52.9 Å². The lowest BCUT2D eigenvalue weighted by Crippen LogP contribution is -2.31. The molecule has 26 heavy (non-hydrogen) atoms. The van der Waals surface area contributed by atoms with Crippen molar-refractivity contribution in [3.63, 3.8) is 0 Å². The van der Waals surface area contributed by atoms with E-state index in [0.29, 0.717) is 17.1 Å². The number of nitro groups is 1. The van der Waals surface area contributed by atoms with E-state index in [1.165, 1.54) is 18.2 Å². The van der Waals surface area contributed by atoms with Crippen molar-refractivity contribution in [2.75, 3.05) is 6.61 Å². The van der Waals surface area contributed by atoms with Gasteiger partial charge < -0.3 is 14.5 Å². The van der Waals surface area contributed by atoms with Gasteiger partial charge in [-0.25, -0.2) is 0 Å². The zero-order valence-corrected chi connectivity index (χ0v) is 14.4. The zero-order valence-electron chi connectivity index (χ0n) is 14.4. The van der Waals surface area contributed by atoms with E-state index in [4.69, 9.17) is 9.15 Å². The Morgan fingerprint density at radius 2 is 2.04 bits per heavy atom. The first-order chi connectivity index (χ1) is 12.4. The number of ether oxygens (including phenoxy) is 1. The molecule has 7 heteroatoms. The molecule has 0 bridgehead atoms. The van der Waals surface area contributed by atoms with Gasteiger partial charge in [-0.05, 0) is 38.1 Å². The van der Waals surface area contributed by atoms with Crippen molar-refractivity contribution >= 4 is 22.6 Å². The number of aryl methyl sites for hydroxylation is 1. The van der Waals surface area contributed by atoms with E-state index in [0.717, 1.165) is 11.0 Å². The minimum atomic E-state index is -0.458. The Bertz CT molecular complexity index is 930. The van der Waals surface area contributed by atoms with E-state index in [9.17, 15) is 14.9 Å². The Morgan fingerprint density at radius 3 is 2.73 bits per heavy atom. The first-order valence-corrected chi connectivity index (χ1v) is 8.09. The summed E-state index contributed by atoms with van der Waals surface area (Å²) in [6.07, 6.45) is 0. The van der Waals surface area contributed by atoms with Gasteiger partial charge in [0.2, 0.25) is 0 Å². The van der Waals surface area contributed by atoms with Gasteiger partial charge in [-0.15, -0.1) is 0 Å². The third kappa shape index (κ3) is 3.83. The molecular formula is C19H18N2O5. The van der Waals surface area contributed by atoms with Crippen molar-refractivity contribution in [3.8, 4) is 5.75 Å². The number of rotatable bonds is 6. The van der Waals surface area contributed by atoms with E-state index in [-0.39, 0.29) is 24.2 Å². The number of benzene rings is 2. The highest BCUT2D eigenvalue weighted by molar-refractivity contribution is 5.79. The normalized spacial score (nSPS) is 11.9. The first-order valence-electron chi connectivity index (χ1n) is 8.09. The highest BCUT2D eigenvalue weighted by atomic mass is 16.6. The minimum Gasteiger partial charge on any atom is -0.484 e. The number of carbonyl (C=O) groups excluding carboxylic acids is 1. The number of furan rings is 1. The number of fused-ring (bicyclic) bond motifs is 1. The smallest absolute Gasteiger partial charge is 0.272 e. The van der Waals surface area contributed by atoms with Crippen molar-refractivity contribution in [3.05, 3.63) is 70.0 Å². The summed E-state index contributed by atoms with van der Waals surface area (Å²) in [6, 6.07) is 13.6. The second-order valence-corrected chi connectivity index (χ2v) is 5.97. The molecule has 1 N–H and O–H groups in total. The van der Waals surface area contributed by atoms with Crippen LogP contribution in [0.25, 0.3) is 11.0 Å². The summed E-state index contributed by atoms with van der Waals surface area (Å²) in [5.74, 6) is 0.749. The molecule has 3 aromatic rings. The fourth-order valence-corrected chi connectivity index (χ4v) is 2.64. The van der Waals surface area contributed by atoms with E-state index in [1.54, 1.807) is 6.92 Å². The SMILES string of the molecule is Cc1cc(OCC(=O)NC(C)c2cc3ccccc3o2)ccc1[N+](=O)[O-]. The summed E-state index contributed by atoms with van der Waals surface area (Å²) < 4.78 is 11.1. The summed E-state index contributed by atoms with van der Waals surface area (Å²) >= 11 is 0. The second kappa shape index (κ2) is 7.26. The van der Waals surface area contributed by atoms with Crippen molar-refractivity contribution < 1.29 is 18.9 Å². The third-order valence-corrected chi connectivity index (χ3v) is 3.98. The molecule has 2 aromatic carbocycles. The topological polar surface area (TPSA) is 94.6 Å². The van der Waals surface area contributed by atoms with Gasteiger partial charge in [0.25, 0.3) is 11.6 Å². The van der Waals surface area contributed by atoms with Crippen molar-refractivity contribution in [1.29, 1.82) is 0 Å². The van der Waals surface area contributed by atoms with Gasteiger partial charge in [-0.1, -0.05) is 18.2 Å². The number of para-hydroxylation sites is 1. The number of hydrogen-bond acceptors (Lipinski definition) is 5. The minimum absolute atomic E-state index is 0.0142. The van der Waals surface area contributed by atoms with Gasteiger partial charge in [0.15, 0.2) is 6.61 Å². The van der Waals surface area contributed by atoms with Crippen LogP contribution in [-0.4, -0.2) is 17.4 Å². The number of amides is 1. The standard InChI is InChI=1S/C19H18N2O5/c1-12-9-15(7-8-16(12)21(23)24)25-11-19(22)20-13(2)18-10-14-5-3-4-6-17(14)26-18/h3-10,13H,11H2,1-2H3,(H,20,22). The number of nitro benzene ring substituents is 1. The molecule has 0 aliphatic carbocycles. The van der Waals surface area contributed by atoms with Crippen molar-refractivity contribution in [2.24, 2.45) is 0 Å². The molecule has 1 amide bonds. The fraction of sp³-hybridized carbons (Fsp3) is 0.211. The van der Waals surface area contributed by atoms with E-state index >= 15 is 0 Å². The second-order valence-electron chi connectivity index (χ2n) is 5.97. The lowest BCUT2D eigenvalue weighted by atomic mass is 10.2. The molecule has 1 atom stereocenters. The monoisotopic (exact) mass is 354 g/mol. The van der Waals surface area contributed by atoms with Gasteiger partial charge in [0, 0.05) is 17.0 Å². The van der Waals surface area contributed by atoms with Crippen LogP contribution < -0.4 is 10.1 Å². The average Bonchev–Trinajstić information content (AvgIpc) is 3.04. The molecule has 0 saturated heterocycles. The summed E-state index contributed by atoms with van der Waals surface area (Å²) in [4.78, 5) is 22.4. The molecule has 134 valence electrons. The molecule has 0 radical (unpaired) electrons. The highest BCUT2D eigenvalue weighted by Crippen LogP contribution is 2.24. The van der Waals surface area contributed by atoms with Gasteiger partial charge in [0.1, 0.15) is 17.1 Å². The zero-order chi connectivity index (χ0) is 18.7. The van der Waals surface area contributed by atoms with Crippen LogP contribution >= 0.6 is 0 Å². The predicted molar refractivity (Wildman–Crippen MR) is 96.1 cm³/mol. The predicted octanol–water partition coefficient (Wildman–Crippen LogP) is 3.91. The molecule has 1 unspecified atom stereocenters. The summed E-state index contributed by atoms with van der Waals surface area (Å²) in [7, 11) is 0. The Kier molecular flexibility index (Phi) is 4.88. The molecule has 0 aliphatic heterocycles. The van der Waals surface area contributed by atoms with E-state index in [1.807, 2.05) is 37.3 Å². The molecule has 0 fully saturated rings. The third-order valence-electron chi connectivity index (χ3n) is 3.98. The lowest BCUT2D eigenvalue weighted by Gasteiger charge is -2.12. The maximum atomic E-state index is 12.1. The van der Waals surface area contributed by atoms with Gasteiger partial charge in [0.05, 0.1) is 11.0 Å². The van der Waals surface area contributed by atoms with E-state index in [2.05, 4.69) is 5.32 Å². The van der Waals surface area contributed by atoms with Crippen LogP contribution in [0.3, 0.4) is 0 Å². The quantitative estimate of drug-likeness (QED) is 0.535. The average molecular weight is 354 g/mol. The first kappa shape index (κ1) is 17.5. The van der Waals surface area contributed by atoms with E-state index < -0.39 is 4.92 Å². The maximum absolute atomic E-state index is 12.1.